The van der Waals surface area contributed by atoms with Crippen LogP contribution in [0.5, 0.6) is 0 Å². The van der Waals surface area contributed by atoms with Crippen molar-refractivity contribution in [2.45, 2.75) is 32.2 Å². The number of thiophene rings is 1. The fraction of sp³-hybridized carbons (Fsp3) is 0.500. The van der Waals surface area contributed by atoms with Gasteiger partial charge in [0.1, 0.15) is 10.0 Å². The van der Waals surface area contributed by atoms with E-state index in [2.05, 4.69) is 33.2 Å². The second-order valence-electron chi connectivity index (χ2n) is 4.45. The molecule has 5 heteroatoms. The lowest BCUT2D eigenvalue weighted by atomic mass is 10.2. The van der Waals surface area contributed by atoms with Crippen molar-refractivity contribution in [2.75, 3.05) is 6.54 Å². The Balaban J connectivity index is 1.63. The zero-order valence-corrected chi connectivity index (χ0v) is 11.4. The molecule has 0 radical (unpaired) electrons. The molecule has 2 aromatic heterocycles. The van der Waals surface area contributed by atoms with Gasteiger partial charge in [-0.3, -0.25) is 0 Å². The normalized spacial score (nSPS) is 15.4. The summed E-state index contributed by atoms with van der Waals surface area (Å²) in [5.74, 6) is 0. The third-order valence-electron chi connectivity index (χ3n) is 2.90. The van der Waals surface area contributed by atoms with Crippen LogP contribution >= 0.6 is 22.7 Å². The lowest BCUT2D eigenvalue weighted by Crippen LogP contribution is -2.19. The van der Waals surface area contributed by atoms with Crippen LogP contribution in [0.3, 0.4) is 0 Å². The number of rotatable bonds is 5. The Morgan fingerprint density at radius 1 is 1.35 bits per heavy atom. The maximum atomic E-state index is 4.28. The van der Waals surface area contributed by atoms with E-state index in [0.29, 0.717) is 0 Å². The van der Waals surface area contributed by atoms with Crippen LogP contribution in [0, 0.1) is 6.92 Å². The van der Waals surface area contributed by atoms with Crippen molar-refractivity contribution in [3.63, 3.8) is 0 Å². The first kappa shape index (κ1) is 11.3. The highest BCUT2D eigenvalue weighted by Gasteiger charge is 2.20. The molecule has 1 aliphatic rings. The monoisotopic (exact) mass is 265 g/mol. The molecule has 3 rings (SSSR count). The van der Waals surface area contributed by atoms with Gasteiger partial charge >= 0.3 is 0 Å². The average molecular weight is 265 g/mol. The first-order valence-electron chi connectivity index (χ1n) is 5.92. The van der Waals surface area contributed by atoms with Gasteiger partial charge in [-0.15, -0.1) is 10.2 Å². The molecule has 0 amide bonds. The molecule has 0 bridgehead atoms. The second-order valence-corrected chi connectivity index (χ2v) is 6.25. The predicted octanol–water partition coefficient (Wildman–Crippen LogP) is 2.87. The van der Waals surface area contributed by atoms with E-state index < -0.39 is 0 Å². The van der Waals surface area contributed by atoms with Gasteiger partial charge in [0.15, 0.2) is 0 Å². The molecule has 1 N–H and O–H groups in total. The first-order chi connectivity index (χ1) is 8.33. The maximum absolute atomic E-state index is 4.28. The molecule has 90 valence electrons. The number of aromatic nitrogens is 2. The summed E-state index contributed by atoms with van der Waals surface area (Å²) in [4.78, 5) is 0. The van der Waals surface area contributed by atoms with E-state index >= 15 is 0 Å². The zero-order valence-electron chi connectivity index (χ0n) is 9.77. The fourth-order valence-corrected chi connectivity index (χ4v) is 3.54. The van der Waals surface area contributed by atoms with Gasteiger partial charge in [-0.05, 0) is 30.7 Å². The molecule has 0 aliphatic heterocycles. The third kappa shape index (κ3) is 2.73. The molecule has 1 saturated carbocycles. The number of nitrogens with zero attached hydrogens (tertiary/aromatic N) is 2. The Bertz CT molecular complexity index is 499. The summed E-state index contributed by atoms with van der Waals surface area (Å²) in [7, 11) is 0. The van der Waals surface area contributed by atoms with E-state index in [1.807, 2.05) is 0 Å². The summed E-state index contributed by atoms with van der Waals surface area (Å²) in [6.45, 7) is 3.16. The fourth-order valence-electron chi connectivity index (χ4n) is 1.71. The molecule has 3 nitrogen and oxygen atoms in total. The van der Waals surface area contributed by atoms with E-state index in [0.717, 1.165) is 29.0 Å². The molecule has 0 atom stereocenters. The van der Waals surface area contributed by atoms with Gasteiger partial charge in [-0.2, -0.15) is 11.3 Å². The molecule has 1 aliphatic carbocycles. The Kier molecular flexibility index (Phi) is 3.22. The summed E-state index contributed by atoms with van der Waals surface area (Å²) in [6.07, 6.45) is 3.68. The van der Waals surface area contributed by atoms with Crippen LogP contribution in [0.4, 0.5) is 0 Å². The van der Waals surface area contributed by atoms with Gasteiger partial charge in [0.25, 0.3) is 0 Å². The van der Waals surface area contributed by atoms with Crippen LogP contribution < -0.4 is 5.32 Å². The van der Waals surface area contributed by atoms with E-state index in [1.54, 1.807) is 22.7 Å². The van der Waals surface area contributed by atoms with E-state index in [-0.39, 0.29) is 0 Å². The summed E-state index contributed by atoms with van der Waals surface area (Å²) in [5.41, 5.74) is 2.54. The molecular formula is C12H15N3S2. The van der Waals surface area contributed by atoms with E-state index in [1.165, 1.54) is 24.0 Å². The molecule has 1 fully saturated rings. The smallest absolute Gasteiger partial charge is 0.148 e. The zero-order chi connectivity index (χ0) is 11.7. The van der Waals surface area contributed by atoms with Crippen molar-refractivity contribution in [2.24, 2.45) is 0 Å². The lowest BCUT2D eigenvalue weighted by molar-refractivity contribution is 0.677. The first-order valence-corrected chi connectivity index (χ1v) is 7.68. The van der Waals surface area contributed by atoms with Crippen LogP contribution in [0.15, 0.2) is 10.8 Å². The summed E-state index contributed by atoms with van der Waals surface area (Å²) in [6, 6.07) is 0.779. The average Bonchev–Trinajstić information content (AvgIpc) is 2.85. The van der Waals surface area contributed by atoms with Crippen LogP contribution in [0.25, 0.3) is 10.6 Å². The molecule has 0 spiro atoms. The molecular weight excluding hydrogens is 250 g/mol. The SMILES string of the molecule is Cc1cscc1-c1nnc(CCNC2CC2)s1. The largest absolute Gasteiger partial charge is 0.314 e. The second kappa shape index (κ2) is 4.84. The van der Waals surface area contributed by atoms with Gasteiger partial charge in [0.2, 0.25) is 0 Å². The van der Waals surface area contributed by atoms with Crippen LogP contribution in [0.1, 0.15) is 23.4 Å². The van der Waals surface area contributed by atoms with Crippen LogP contribution in [-0.4, -0.2) is 22.8 Å². The molecule has 0 saturated heterocycles. The quantitative estimate of drug-likeness (QED) is 0.903. The van der Waals surface area contributed by atoms with Crippen molar-refractivity contribution in [3.8, 4) is 10.6 Å². The molecule has 17 heavy (non-hydrogen) atoms. The van der Waals surface area contributed by atoms with Gasteiger partial charge < -0.3 is 5.32 Å². The van der Waals surface area contributed by atoms with Gasteiger partial charge in [0.05, 0.1) is 0 Å². The minimum Gasteiger partial charge on any atom is -0.314 e. The Morgan fingerprint density at radius 3 is 2.94 bits per heavy atom. The minimum atomic E-state index is 0.779. The maximum Gasteiger partial charge on any atom is 0.148 e. The van der Waals surface area contributed by atoms with Gasteiger partial charge in [-0.1, -0.05) is 11.3 Å². The van der Waals surface area contributed by atoms with Crippen molar-refractivity contribution < 1.29 is 0 Å². The summed E-state index contributed by atoms with van der Waals surface area (Å²) >= 11 is 3.45. The van der Waals surface area contributed by atoms with Crippen molar-refractivity contribution in [3.05, 3.63) is 21.3 Å². The molecule has 2 heterocycles. The number of hydrogen-bond acceptors (Lipinski definition) is 5. The Labute approximate surface area is 109 Å². The Morgan fingerprint density at radius 2 is 2.24 bits per heavy atom. The van der Waals surface area contributed by atoms with Crippen molar-refractivity contribution in [1.82, 2.24) is 15.5 Å². The summed E-state index contributed by atoms with van der Waals surface area (Å²) in [5, 5.41) is 18.6. The minimum absolute atomic E-state index is 0.779. The highest BCUT2D eigenvalue weighted by Crippen LogP contribution is 2.29. The number of hydrogen-bond donors (Lipinski definition) is 1. The standard InChI is InChI=1S/C12H15N3S2/c1-8-6-16-7-10(8)12-15-14-11(17-12)4-5-13-9-2-3-9/h6-7,9,13H,2-5H2,1H3. The molecule has 2 aromatic rings. The van der Waals surface area contributed by atoms with E-state index in [9.17, 15) is 0 Å². The molecule has 0 unspecified atom stereocenters. The topological polar surface area (TPSA) is 37.8 Å². The Hall–Kier alpha value is -0.780. The van der Waals surface area contributed by atoms with Crippen molar-refractivity contribution >= 4 is 22.7 Å². The highest BCUT2D eigenvalue weighted by atomic mass is 32.1. The van der Waals surface area contributed by atoms with Gasteiger partial charge in [-0.25, -0.2) is 0 Å². The van der Waals surface area contributed by atoms with Crippen molar-refractivity contribution in [1.29, 1.82) is 0 Å². The van der Waals surface area contributed by atoms with Crippen LogP contribution in [0.2, 0.25) is 0 Å². The third-order valence-corrected chi connectivity index (χ3v) is 4.78. The van der Waals surface area contributed by atoms with Crippen LogP contribution in [-0.2, 0) is 6.42 Å². The molecule has 0 aromatic carbocycles. The van der Waals surface area contributed by atoms with E-state index in [4.69, 9.17) is 0 Å². The highest BCUT2D eigenvalue weighted by molar-refractivity contribution is 7.15. The predicted molar refractivity (Wildman–Crippen MR) is 72.7 cm³/mol. The van der Waals surface area contributed by atoms with Gasteiger partial charge in [0, 0.05) is 30.0 Å². The number of nitrogens with one attached hydrogen (secondary N) is 1. The summed E-state index contributed by atoms with van der Waals surface area (Å²) < 4.78 is 0. The number of aryl methyl sites for hydroxylation is 1. The lowest BCUT2D eigenvalue weighted by Gasteiger charge is -1.97.